The van der Waals surface area contributed by atoms with Gasteiger partial charge >= 0.3 is 0 Å². The number of hydrogen-bond acceptors (Lipinski definition) is 5. The Kier molecular flexibility index (Phi) is 4.77. The number of benzene rings is 1. The summed E-state index contributed by atoms with van der Waals surface area (Å²) in [4.78, 5) is 27.9. The molecule has 1 fully saturated rings. The lowest BCUT2D eigenvalue weighted by Crippen LogP contribution is -2.54. The average Bonchev–Trinajstić information content (AvgIpc) is 3.12. The maximum absolute atomic E-state index is 13.8. The van der Waals surface area contributed by atoms with Gasteiger partial charge in [-0.25, -0.2) is 20.2 Å². The third-order valence-electron chi connectivity index (χ3n) is 4.18. The van der Waals surface area contributed by atoms with Crippen LogP contribution in [0.4, 0.5) is 10.1 Å². The number of nitrogens with one attached hydrogen (secondary N) is 3. The van der Waals surface area contributed by atoms with E-state index in [0.29, 0.717) is 12.8 Å². The van der Waals surface area contributed by atoms with E-state index in [2.05, 4.69) is 21.2 Å². The number of hydrazine groups is 1. The summed E-state index contributed by atoms with van der Waals surface area (Å²) < 4.78 is 15.7. The van der Waals surface area contributed by atoms with Crippen molar-refractivity contribution in [3.63, 3.8) is 0 Å². The molecular weight excluding hydrogens is 327 g/mol. The second kappa shape index (κ2) is 6.99. The van der Waals surface area contributed by atoms with E-state index in [9.17, 15) is 14.0 Å². The number of nitrogens with two attached hydrogens (primary N) is 1. The molecule has 3 rings (SSSR count). The van der Waals surface area contributed by atoms with Crippen LogP contribution in [-0.4, -0.2) is 27.4 Å². The van der Waals surface area contributed by atoms with Crippen LogP contribution in [0.15, 0.2) is 30.9 Å². The second-order valence-electron chi connectivity index (χ2n) is 5.94. The van der Waals surface area contributed by atoms with E-state index < -0.39 is 17.8 Å². The van der Waals surface area contributed by atoms with Gasteiger partial charge in [0.15, 0.2) is 0 Å². The molecule has 1 aliphatic heterocycles. The molecule has 1 aliphatic rings. The van der Waals surface area contributed by atoms with Crippen LogP contribution in [-0.2, 0) is 4.79 Å². The molecular formula is C16H19FN6O2. The van der Waals surface area contributed by atoms with Crippen molar-refractivity contribution in [2.75, 3.05) is 5.32 Å². The van der Waals surface area contributed by atoms with Crippen LogP contribution in [0.2, 0.25) is 0 Å². The highest BCUT2D eigenvalue weighted by Crippen LogP contribution is 2.22. The number of imidazole rings is 1. The zero-order valence-corrected chi connectivity index (χ0v) is 13.6. The topological polar surface area (TPSA) is 114 Å². The Bertz CT molecular complexity index is 784. The largest absolute Gasteiger partial charge is 0.366 e. The molecule has 5 N–H and O–H groups in total. The zero-order chi connectivity index (χ0) is 18.0. The fourth-order valence-corrected chi connectivity index (χ4v) is 2.75. The van der Waals surface area contributed by atoms with Crippen molar-refractivity contribution in [3.8, 4) is 0 Å². The first-order valence-corrected chi connectivity index (χ1v) is 7.85. The molecule has 1 aromatic heterocycles. The zero-order valence-electron chi connectivity index (χ0n) is 13.6. The molecule has 2 amide bonds. The Labute approximate surface area is 143 Å². The highest BCUT2D eigenvalue weighted by molar-refractivity contribution is 6.04. The molecule has 0 saturated carbocycles. The number of aryl methyl sites for hydroxylation is 1. The third-order valence-corrected chi connectivity index (χ3v) is 4.18. The molecule has 2 heterocycles. The standard InChI is InChI=1S/C16H19FN6O2/c1-9-6-10(15(18)24)13(7-11(9)17)20-16(25)12-2-3-14(22-21-12)23-5-4-19-8-23/h4-8,12,14,21-22H,2-3H2,1H3,(H2,18,24)(H,20,25). The van der Waals surface area contributed by atoms with E-state index in [-0.39, 0.29) is 28.9 Å². The van der Waals surface area contributed by atoms with Gasteiger partial charge in [0.1, 0.15) is 11.9 Å². The van der Waals surface area contributed by atoms with Gasteiger partial charge in [-0.3, -0.25) is 9.59 Å². The van der Waals surface area contributed by atoms with Crippen molar-refractivity contribution in [2.45, 2.75) is 32.0 Å². The lowest BCUT2D eigenvalue weighted by molar-refractivity contribution is -0.119. The Morgan fingerprint density at radius 2 is 2.16 bits per heavy atom. The van der Waals surface area contributed by atoms with Gasteiger partial charge in [0.25, 0.3) is 5.91 Å². The van der Waals surface area contributed by atoms with Gasteiger partial charge < -0.3 is 15.6 Å². The minimum absolute atomic E-state index is 0.00968. The summed E-state index contributed by atoms with van der Waals surface area (Å²) in [7, 11) is 0. The predicted molar refractivity (Wildman–Crippen MR) is 88.8 cm³/mol. The van der Waals surface area contributed by atoms with Gasteiger partial charge in [-0.05, 0) is 37.5 Å². The smallest absolute Gasteiger partial charge is 0.250 e. The van der Waals surface area contributed by atoms with Crippen LogP contribution < -0.4 is 21.9 Å². The maximum Gasteiger partial charge on any atom is 0.250 e. The first-order valence-electron chi connectivity index (χ1n) is 7.85. The molecule has 132 valence electrons. The van der Waals surface area contributed by atoms with Crippen molar-refractivity contribution in [1.29, 1.82) is 0 Å². The van der Waals surface area contributed by atoms with E-state index in [4.69, 9.17) is 5.73 Å². The fourth-order valence-electron chi connectivity index (χ4n) is 2.75. The number of anilines is 1. The molecule has 8 nitrogen and oxygen atoms in total. The van der Waals surface area contributed by atoms with Crippen molar-refractivity contribution >= 4 is 17.5 Å². The van der Waals surface area contributed by atoms with Crippen LogP contribution >= 0.6 is 0 Å². The molecule has 9 heteroatoms. The van der Waals surface area contributed by atoms with Crippen molar-refractivity contribution in [2.24, 2.45) is 5.73 Å². The van der Waals surface area contributed by atoms with E-state index >= 15 is 0 Å². The summed E-state index contributed by atoms with van der Waals surface area (Å²) in [6.45, 7) is 1.52. The van der Waals surface area contributed by atoms with Crippen molar-refractivity contribution in [3.05, 3.63) is 47.8 Å². The minimum atomic E-state index is -0.728. The van der Waals surface area contributed by atoms with Gasteiger partial charge in [0.05, 0.1) is 23.7 Å². The van der Waals surface area contributed by atoms with Crippen molar-refractivity contribution < 1.29 is 14.0 Å². The summed E-state index contributed by atoms with van der Waals surface area (Å²) in [6, 6.07) is 1.91. The number of carbonyl (C=O) groups excluding carboxylic acids is 2. The molecule has 1 saturated heterocycles. The summed E-state index contributed by atoms with van der Waals surface area (Å²) in [5, 5.41) is 2.58. The second-order valence-corrected chi connectivity index (χ2v) is 5.94. The summed E-state index contributed by atoms with van der Waals surface area (Å²) in [5.41, 5.74) is 11.7. The monoisotopic (exact) mass is 346 g/mol. The minimum Gasteiger partial charge on any atom is -0.366 e. The average molecular weight is 346 g/mol. The van der Waals surface area contributed by atoms with Gasteiger partial charge in [-0.1, -0.05) is 0 Å². The molecule has 2 atom stereocenters. The predicted octanol–water partition coefficient (Wildman–Crippen LogP) is 0.823. The van der Waals surface area contributed by atoms with E-state index in [1.807, 2.05) is 10.8 Å². The van der Waals surface area contributed by atoms with Crippen molar-refractivity contribution in [1.82, 2.24) is 20.4 Å². The highest BCUT2D eigenvalue weighted by atomic mass is 19.1. The Morgan fingerprint density at radius 3 is 2.76 bits per heavy atom. The molecule has 0 aliphatic carbocycles. The Hall–Kier alpha value is -2.78. The number of rotatable bonds is 4. The lowest BCUT2D eigenvalue weighted by atomic mass is 10.1. The number of primary amides is 1. The number of halogens is 1. The normalized spacial score (nSPS) is 20.2. The third kappa shape index (κ3) is 3.67. The van der Waals surface area contributed by atoms with Gasteiger partial charge in [-0.15, -0.1) is 0 Å². The molecule has 2 unspecified atom stereocenters. The number of amides is 2. The quantitative estimate of drug-likeness (QED) is 0.655. The van der Waals surface area contributed by atoms with E-state index in [1.54, 1.807) is 12.5 Å². The SMILES string of the molecule is Cc1cc(C(N)=O)c(NC(=O)C2CCC(n3ccnc3)NN2)cc1F. The number of hydrogen-bond donors (Lipinski definition) is 4. The van der Waals surface area contributed by atoms with Gasteiger partial charge in [-0.2, -0.15) is 0 Å². The van der Waals surface area contributed by atoms with Crippen LogP contribution in [0.25, 0.3) is 0 Å². The van der Waals surface area contributed by atoms with E-state index in [0.717, 1.165) is 6.07 Å². The van der Waals surface area contributed by atoms with Crippen LogP contribution in [0.3, 0.4) is 0 Å². The Balaban J connectivity index is 1.67. The molecule has 1 aromatic carbocycles. The number of carbonyl (C=O) groups is 2. The van der Waals surface area contributed by atoms with Gasteiger partial charge in [0.2, 0.25) is 5.91 Å². The molecule has 0 spiro atoms. The maximum atomic E-state index is 13.8. The van der Waals surface area contributed by atoms with Crippen LogP contribution in [0.5, 0.6) is 0 Å². The van der Waals surface area contributed by atoms with Crippen LogP contribution in [0.1, 0.15) is 34.9 Å². The summed E-state index contributed by atoms with van der Waals surface area (Å²) >= 11 is 0. The molecule has 25 heavy (non-hydrogen) atoms. The molecule has 2 aromatic rings. The first kappa shape index (κ1) is 17.1. The molecule has 0 radical (unpaired) electrons. The lowest BCUT2D eigenvalue weighted by Gasteiger charge is -2.31. The number of aromatic nitrogens is 2. The highest BCUT2D eigenvalue weighted by Gasteiger charge is 2.27. The van der Waals surface area contributed by atoms with E-state index in [1.165, 1.54) is 13.0 Å². The van der Waals surface area contributed by atoms with Crippen LogP contribution in [0, 0.1) is 12.7 Å². The summed E-state index contributed by atoms with van der Waals surface area (Å²) in [5.74, 6) is -1.62. The molecule has 0 bridgehead atoms. The number of nitrogens with zero attached hydrogens (tertiary/aromatic N) is 2. The Morgan fingerprint density at radius 1 is 1.36 bits per heavy atom. The first-order chi connectivity index (χ1) is 12.0. The summed E-state index contributed by atoms with van der Waals surface area (Å²) in [6.07, 6.45) is 6.44. The fraction of sp³-hybridized carbons (Fsp3) is 0.312. The van der Waals surface area contributed by atoms with Gasteiger partial charge in [0, 0.05) is 12.4 Å².